The molecule has 36 heavy (non-hydrogen) atoms. The number of pyridine rings is 1. The van der Waals surface area contributed by atoms with E-state index in [0.717, 1.165) is 5.56 Å². The van der Waals surface area contributed by atoms with Crippen molar-refractivity contribution in [3.8, 4) is 22.5 Å². The Morgan fingerprint density at radius 3 is 2.31 bits per heavy atom. The Morgan fingerprint density at radius 1 is 1.11 bits per heavy atom. The number of benzene rings is 2. The van der Waals surface area contributed by atoms with Crippen LogP contribution >= 0.6 is 0 Å². The van der Waals surface area contributed by atoms with Gasteiger partial charge in [0.05, 0.1) is 11.3 Å². The van der Waals surface area contributed by atoms with Gasteiger partial charge in [-0.1, -0.05) is 13.8 Å². The average molecular weight is 512 g/mol. The van der Waals surface area contributed by atoms with Crippen molar-refractivity contribution in [2.45, 2.75) is 20.8 Å². The third-order valence-corrected chi connectivity index (χ3v) is 6.73. The van der Waals surface area contributed by atoms with Crippen LogP contribution in [0.5, 0.6) is 0 Å². The molecule has 0 aliphatic rings. The zero-order valence-corrected chi connectivity index (χ0v) is 22.2. The number of rotatable bonds is 5. The number of amides is 1. The molecule has 0 radical (unpaired) electrons. The first-order chi connectivity index (χ1) is 17.1. The molecule has 9 heteroatoms. The normalized spacial score (nSPS) is 11.6. The van der Waals surface area contributed by atoms with Gasteiger partial charge in [0.15, 0.2) is 0 Å². The van der Waals surface area contributed by atoms with E-state index in [1.165, 1.54) is 23.7 Å². The number of aryl methyl sites for hydroxylation is 2. The minimum Gasteiger partial charge on any atom is -0.455 e. The molecule has 0 bridgehead atoms. The minimum absolute atomic E-state index is 0.119. The number of anilines is 1. The first-order valence-electron chi connectivity index (χ1n) is 11.5. The molecule has 4 rings (SSSR count). The number of fused-ring (bicyclic) bond motifs is 1. The summed E-state index contributed by atoms with van der Waals surface area (Å²) in [4.78, 5) is 25.2. The van der Waals surface area contributed by atoms with Crippen molar-refractivity contribution in [3.05, 3.63) is 76.0 Å². The highest BCUT2D eigenvalue weighted by Crippen LogP contribution is 2.41. The molecular weight excluding hydrogens is 481 g/mol. The number of carbonyl (C=O) groups excluding carboxylic acids is 1. The maximum Gasteiger partial charge on any atom is 0.255 e. The van der Waals surface area contributed by atoms with Crippen LogP contribution in [-0.2, 0) is 18.0 Å². The van der Waals surface area contributed by atoms with E-state index in [4.69, 9.17) is 4.42 Å². The fraction of sp³-hybridized carbons (Fsp3) is 0.259. The van der Waals surface area contributed by atoms with Gasteiger partial charge in [-0.3, -0.25) is 13.9 Å². The lowest BCUT2D eigenvalue weighted by Crippen LogP contribution is -2.21. The molecule has 0 spiro atoms. The molecule has 1 unspecified atom stereocenters. The Labute approximate surface area is 212 Å². The van der Waals surface area contributed by atoms with Gasteiger partial charge in [0, 0.05) is 67.3 Å². The Balaban J connectivity index is 0.00000176. The number of nitrogens with one attached hydrogen (secondary N) is 1. The van der Waals surface area contributed by atoms with Gasteiger partial charge in [0.25, 0.3) is 11.5 Å². The van der Waals surface area contributed by atoms with Crippen molar-refractivity contribution in [1.82, 2.24) is 9.88 Å². The lowest BCUT2D eigenvalue weighted by Gasteiger charge is -2.20. The van der Waals surface area contributed by atoms with Crippen LogP contribution in [0.4, 0.5) is 10.1 Å². The summed E-state index contributed by atoms with van der Waals surface area (Å²) in [6.07, 6.45) is 3.26. The quantitative estimate of drug-likeness (QED) is 0.407. The number of nitrogens with zero attached hydrogens (tertiary/aromatic N) is 2. The van der Waals surface area contributed by atoms with E-state index in [1.54, 1.807) is 68.1 Å². The fourth-order valence-corrected chi connectivity index (χ4v) is 4.37. The Kier molecular flexibility index (Phi) is 8.14. The summed E-state index contributed by atoms with van der Waals surface area (Å²) in [5, 5.41) is 3.19. The van der Waals surface area contributed by atoms with Gasteiger partial charge >= 0.3 is 0 Å². The lowest BCUT2D eigenvalue weighted by atomic mass is 9.98. The molecule has 0 aliphatic carbocycles. The maximum atomic E-state index is 13.5. The zero-order valence-electron chi connectivity index (χ0n) is 21.4. The van der Waals surface area contributed by atoms with E-state index >= 15 is 0 Å². The summed E-state index contributed by atoms with van der Waals surface area (Å²) in [7, 11) is 3.53. The summed E-state index contributed by atoms with van der Waals surface area (Å²) in [5.74, 6) is -0.460. The van der Waals surface area contributed by atoms with E-state index in [1.807, 2.05) is 13.8 Å². The predicted molar refractivity (Wildman–Crippen MR) is 144 cm³/mol. The summed E-state index contributed by atoms with van der Waals surface area (Å²) < 4.78 is 35.1. The van der Waals surface area contributed by atoms with Crippen LogP contribution in [0.3, 0.4) is 0 Å². The number of hydrogen-bond acceptors (Lipinski definition) is 4. The van der Waals surface area contributed by atoms with Gasteiger partial charge in [-0.2, -0.15) is 0 Å². The van der Waals surface area contributed by atoms with Crippen LogP contribution in [0.2, 0.25) is 0 Å². The SMILES string of the molecule is CC.CNC(=O)c1c(-c2ccc(F)cc2)oc2cc(N(C)S(C)=O)c(-c3cc(C)c(=O)n(C)c3)cc12. The van der Waals surface area contributed by atoms with Gasteiger partial charge in [-0.15, -0.1) is 0 Å². The van der Waals surface area contributed by atoms with Crippen LogP contribution in [0, 0.1) is 12.7 Å². The van der Waals surface area contributed by atoms with Gasteiger partial charge < -0.3 is 14.3 Å². The van der Waals surface area contributed by atoms with Gasteiger partial charge in [0.2, 0.25) is 0 Å². The van der Waals surface area contributed by atoms with E-state index in [9.17, 15) is 18.2 Å². The highest BCUT2D eigenvalue weighted by molar-refractivity contribution is 7.85. The zero-order chi connectivity index (χ0) is 26.7. The first kappa shape index (κ1) is 26.9. The Morgan fingerprint density at radius 2 is 1.75 bits per heavy atom. The Bertz CT molecular complexity index is 1480. The number of halogens is 1. The topological polar surface area (TPSA) is 84.6 Å². The lowest BCUT2D eigenvalue weighted by molar-refractivity contribution is 0.0964. The van der Waals surface area contributed by atoms with Crippen molar-refractivity contribution in [2.75, 3.05) is 24.7 Å². The number of carbonyl (C=O) groups is 1. The standard InChI is InChI=1S/C25H24FN3O4S.C2H6/c1-14-10-16(13-28(3)25(14)31)18-11-19-21(12-20(18)29(4)34(5)32)33-23(22(19)24(30)27-2)15-6-8-17(26)9-7-15;1-2/h6-13H,1-5H3,(H,27,30);1-2H3. The molecule has 7 nitrogen and oxygen atoms in total. The van der Waals surface area contributed by atoms with Crippen molar-refractivity contribution >= 4 is 33.5 Å². The Hall–Kier alpha value is -3.72. The summed E-state index contributed by atoms with van der Waals surface area (Å²) in [5.41, 5.74) is 3.71. The molecule has 0 saturated heterocycles. The second-order valence-corrected chi connectivity index (χ2v) is 9.40. The van der Waals surface area contributed by atoms with E-state index in [2.05, 4.69) is 5.32 Å². The van der Waals surface area contributed by atoms with Gasteiger partial charge in [-0.05, 0) is 43.3 Å². The third-order valence-electron chi connectivity index (χ3n) is 5.77. The highest BCUT2D eigenvalue weighted by Gasteiger charge is 2.25. The molecule has 2 heterocycles. The smallest absolute Gasteiger partial charge is 0.255 e. The minimum atomic E-state index is -1.35. The summed E-state index contributed by atoms with van der Waals surface area (Å²) >= 11 is 0. The second kappa shape index (κ2) is 10.9. The summed E-state index contributed by atoms with van der Waals surface area (Å²) in [6.45, 7) is 5.73. The van der Waals surface area contributed by atoms with E-state index in [0.29, 0.717) is 44.7 Å². The molecule has 0 saturated carbocycles. The van der Waals surface area contributed by atoms with Crippen LogP contribution in [0.25, 0.3) is 33.4 Å². The van der Waals surface area contributed by atoms with Crippen LogP contribution in [-0.4, -0.2) is 35.0 Å². The van der Waals surface area contributed by atoms with Crippen LogP contribution < -0.4 is 15.2 Å². The van der Waals surface area contributed by atoms with Crippen molar-refractivity contribution in [1.29, 1.82) is 0 Å². The van der Waals surface area contributed by atoms with Crippen LogP contribution in [0.1, 0.15) is 29.8 Å². The average Bonchev–Trinajstić information content (AvgIpc) is 3.25. The molecule has 1 atom stereocenters. The number of aromatic nitrogens is 1. The van der Waals surface area contributed by atoms with Crippen molar-refractivity contribution < 1.29 is 17.8 Å². The molecule has 2 aromatic heterocycles. The second-order valence-electron chi connectivity index (χ2n) is 8.01. The van der Waals surface area contributed by atoms with E-state index < -0.39 is 16.8 Å². The number of hydrogen-bond donors (Lipinski definition) is 1. The molecule has 1 N–H and O–H groups in total. The molecule has 190 valence electrons. The molecule has 0 fully saturated rings. The fourth-order valence-electron chi connectivity index (χ4n) is 3.94. The maximum absolute atomic E-state index is 13.5. The van der Waals surface area contributed by atoms with Crippen LogP contribution in [0.15, 0.2) is 57.9 Å². The predicted octanol–water partition coefficient (Wildman–Crippen LogP) is 5.03. The first-order valence-corrected chi connectivity index (χ1v) is 13.0. The molecule has 2 aromatic carbocycles. The highest BCUT2D eigenvalue weighted by atomic mass is 32.2. The number of furan rings is 1. The van der Waals surface area contributed by atoms with Crippen molar-refractivity contribution in [2.24, 2.45) is 7.05 Å². The molecular formula is C27H30FN3O4S. The molecule has 1 amide bonds. The van der Waals surface area contributed by atoms with Crippen molar-refractivity contribution in [3.63, 3.8) is 0 Å². The largest absolute Gasteiger partial charge is 0.455 e. The third kappa shape index (κ3) is 4.97. The summed E-state index contributed by atoms with van der Waals surface area (Å²) in [6, 6.07) is 11.0. The molecule has 0 aliphatic heterocycles. The van der Waals surface area contributed by atoms with Gasteiger partial charge in [0.1, 0.15) is 28.1 Å². The van der Waals surface area contributed by atoms with Gasteiger partial charge in [-0.25, -0.2) is 8.60 Å². The monoisotopic (exact) mass is 511 g/mol. The van der Waals surface area contributed by atoms with E-state index in [-0.39, 0.29) is 11.5 Å². The molecule has 4 aromatic rings.